The molecule has 1 amide bonds. The van der Waals surface area contributed by atoms with Crippen LogP contribution in [-0.2, 0) is 0 Å². The number of phenolic OH excluding ortho intramolecular Hbond substituents is 1. The van der Waals surface area contributed by atoms with E-state index < -0.39 is 0 Å². The number of aliphatic hydroxyl groups excluding tert-OH is 1. The van der Waals surface area contributed by atoms with Gasteiger partial charge in [0.25, 0.3) is 5.91 Å². The number of aromatic hydroxyl groups is 1. The van der Waals surface area contributed by atoms with Crippen molar-refractivity contribution < 1.29 is 15.0 Å². The molecule has 18 heavy (non-hydrogen) atoms. The van der Waals surface area contributed by atoms with Crippen molar-refractivity contribution in [1.29, 1.82) is 0 Å². The van der Waals surface area contributed by atoms with E-state index in [1.165, 1.54) is 6.07 Å². The average Bonchev–Trinajstić information content (AvgIpc) is 2.79. The first-order valence-electron chi connectivity index (χ1n) is 6.33. The molecule has 1 aliphatic carbocycles. The minimum atomic E-state index is -0.185. The Labute approximate surface area is 107 Å². The number of carbonyl (C=O) groups excluding carboxylic acids is 1. The second kappa shape index (κ2) is 5.40. The lowest BCUT2D eigenvalue weighted by Crippen LogP contribution is -2.38. The summed E-state index contributed by atoms with van der Waals surface area (Å²) in [6.07, 6.45) is 2.91. The highest BCUT2D eigenvalue weighted by molar-refractivity contribution is 5.94. The zero-order valence-corrected chi connectivity index (χ0v) is 10.5. The molecule has 2 atom stereocenters. The number of carbonyl (C=O) groups is 1. The summed E-state index contributed by atoms with van der Waals surface area (Å²) in [5.41, 5.74) is 1.21. The molecule has 0 heterocycles. The van der Waals surface area contributed by atoms with Crippen molar-refractivity contribution in [3.63, 3.8) is 0 Å². The lowest BCUT2D eigenvalue weighted by molar-refractivity contribution is 0.0915. The van der Waals surface area contributed by atoms with Crippen molar-refractivity contribution in [3.05, 3.63) is 29.3 Å². The third kappa shape index (κ3) is 2.64. The SMILES string of the molecule is Cc1ccc(C(=O)NC2CCCC2CO)cc1O. The van der Waals surface area contributed by atoms with E-state index in [-0.39, 0.29) is 30.2 Å². The molecule has 98 valence electrons. The van der Waals surface area contributed by atoms with Gasteiger partial charge in [-0.1, -0.05) is 12.5 Å². The molecule has 0 radical (unpaired) electrons. The van der Waals surface area contributed by atoms with Crippen molar-refractivity contribution in [2.75, 3.05) is 6.61 Å². The van der Waals surface area contributed by atoms with Gasteiger partial charge in [0.05, 0.1) is 0 Å². The van der Waals surface area contributed by atoms with Gasteiger partial charge in [-0.2, -0.15) is 0 Å². The van der Waals surface area contributed by atoms with Gasteiger partial charge < -0.3 is 15.5 Å². The molecule has 2 unspecified atom stereocenters. The molecule has 0 aliphatic heterocycles. The van der Waals surface area contributed by atoms with Gasteiger partial charge in [-0.3, -0.25) is 4.79 Å². The number of amides is 1. The Morgan fingerprint density at radius 1 is 1.44 bits per heavy atom. The molecule has 1 saturated carbocycles. The normalized spacial score (nSPS) is 23.0. The highest BCUT2D eigenvalue weighted by Gasteiger charge is 2.28. The Morgan fingerprint density at radius 3 is 2.89 bits per heavy atom. The van der Waals surface area contributed by atoms with Gasteiger partial charge in [-0.25, -0.2) is 0 Å². The van der Waals surface area contributed by atoms with Crippen LogP contribution in [0.2, 0.25) is 0 Å². The molecule has 1 aromatic rings. The van der Waals surface area contributed by atoms with Crippen LogP contribution in [0.4, 0.5) is 0 Å². The maximum absolute atomic E-state index is 12.0. The lowest BCUT2D eigenvalue weighted by atomic mass is 10.0. The van der Waals surface area contributed by atoms with E-state index in [1.807, 2.05) is 0 Å². The fourth-order valence-corrected chi connectivity index (χ4v) is 2.45. The second-order valence-electron chi connectivity index (χ2n) is 4.95. The van der Waals surface area contributed by atoms with Crippen LogP contribution >= 0.6 is 0 Å². The monoisotopic (exact) mass is 249 g/mol. The Hall–Kier alpha value is -1.55. The topological polar surface area (TPSA) is 69.6 Å². The molecule has 4 nitrogen and oxygen atoms in total. The molecule has 1 fully saturated rings. The van der Waals surface area contributed by atoms with Crippen LogP contribution in [0.1, 0.15) is 35.2 Å². The summed E-state index contributed by atoms with van der Waals surface area (Å²) >= 11 is 0. The van der Waals surface area contributed by atoms with Crippen LogP contribution in [0.3, 0.4) is 0 Å². The number of nitrogens with one attached hydrogen (secondary N) is 1. The van der Waals surface area contributed by atoms with Gasteiger partial charge in [-0.05, 0) is 37.5 Å². The summed E-state index contributed by atoms with van der Waals surface area (Å²) in [6, 6.07) is 4.95. The van der Waals surface area contributed by atoms with Crippen molar-refractivity contribution >= 4 is 5.91 Å². The molecule has 0 bridgehead atoms. The largest absolute Gasteiger partial charge is 0.508 e. The number of hydrogen-bond donors (Lipinski definition) is 3. The number of rotatable bonds is 3. The molecule has 0 saturated heterocycles. The predicted molar refractivity (Wildman–Crippen MR) is 68.5 cm³/mol. The summed E-state index contributed by atoms with van der Waals surface area (Å²) in [5.74, 6) is 0.108. The van der Waals surface area contributed by atoms with Crippen LogP contribution < -0.4 is 5.32 Å². The van der Waals surface area contributed by atoms with Crippen LogP contribution in [0, 0.1) is 12.8 Å². The number of hydrogen-bond acceptors (Lipinski definition) is 3. The lowest BCUT2D eigenvalue weighted by Gasteiger charge is -2.19. The molecule has 0 aromatic heterocycles. The van der Waals surface area contributed by atoms with Gasteiger partial charge >= 0.3 is 0 Å². The Morgan fingerprint density at radius 2 is 2.22 bits per heavy atom. The van der Waals surface area contributed by atoms with Crippen molar-refractivity contribution in [2.45, 2.75) is 32.2 Å². The smallest absolute Gasteiger partial charge is 0.251 e. The predicted octanol–water partition coefficient (Wildman–Crippen LogP) is 1.59. The maximum Gasteiger partial charge on any atom is 0.251 e. The Bertz CT molecular complexity index is 445. The standard InChI is InChI=1S/C14H19NO3/c1-9-5-6-10(7-13(9)17)14(18)15-12-4-2-3-11(12)8-16/h5-7,11-12,16-17H,2-4,8H2,1H3,(H,15,18). The first-order chi connectivity index (χ1) is 8.61. The third-order valence-electron chi connectivity index (χ3n) is 3.68. The Kier molecular flexibility index (Phi) is 3.87. The van der Waals surface area contributed by atoms with Gasteiger partial charge in [0.15, 0.2) is 0 Å². The zero-order chi connectivity index (χ0) is 13.1. The molecule has 3 N–H and O–H groups in total. The summed E-state index contributed by atoms with van der Waals surface area (Å²) in [5, 5.41) is 21.7. The van der Waals surface area contributed by atoms with Gasteiger partial charge in [0.2, 0.25) is 0 Å². The number of aryl methyl sites for hydroxylation is 1. The first-order valence-corrected chi connectivity index (χ1v) is 6.33. The van der Waals surface area contributed by atoms with E-state index in [4.69, 9.17) is 0 Å². The summed E-state index contributed by atoms with van der Waals surface area (Å²) < 4.78 is 0. The van der Waals surface area contributed by atoms with Crippen molar-refractivity contribution in [3.8, 4) is 5.75 Å². The number of benzene rings is 1. The first kappa shape index (κ1) is 12.9. The zero-order valence-electron chi connectivity index (χ0n) is 10.5. The highest BCUT2D eigenvalue weighted by Crippen LogP contribution is 2.25. The van der Waals surface area contributed by atoms with Gasteiger partial charge in [0, 0.05) is 24.1 Å². The van der Waals surface area contributed by atoms with Crippen LogP contribution in [-0.4, -0.2) is 28.8 Å². The van der Waals surface area contributed by atoms with Crippen molar-refractivity contribution in [1.82, 2.24) is 5.32 Å². The van der Waals surface area contributed by atoms with Crippen LogP contribution in [0.5, 0.6) is 5.75 Å². The number of phenols is 1. The van der Waals surface area contributed by atoms with E-state index in [9.17, 15) is 15.0 Å². The molecule has 4 heteroatoms. The molecular formula is C14H19NO3. The van der Waals surface area contributed by atoms with Crippen LogP contribution in [0.25, 0.3) is 0 Å². The minimum absolute atomic E-state index is 0.0472. The van der Waals surface area contributed by atoms with Crippen molar-refractivity contribution in [2.24, 2.45) is 5.92 Å². The third-order valence-corrected chi connectivity index (χ3v) is 3.68. The summed E-state index contributed by atoms with van der Waals surface area (Å²) in [4.78, 5) is 12.0. The maximum atomic E-state index is 12.0. The average molecular weight is 249 g/mol. The van der Waals surface area contributed by atoms with Gasteiger partial charge in [-0.15, -0.1) is 0 Å². The fraction of sp³-hybridized carbons (Fsp3) is 0.500. The second-order valence-corrected chi connectivity index (χ2v) is 4.95. The highest BCUT2D eigenvalue weighted by atomic mass is 16.3. The van der Waals surface area contributed by atoms with Crippen LogP contribution in [0.15, 0.2) is 18.2 Å². The number of aliphatic hydroxyl groups is 1. The van der Waals surface area contributed by atoms with E-state index in [1.54, 1.807) is 19.1 Å². The molecular weight excluding hydrogens is 230 g/mol. The fourth-order valence-electron chi connectivity index (χ4n) is 2.45. The summed E-state index contributed by atoms with van der Waals surface area (Å²) in [7, 11) is 0. The molecule has 0 spiro atoms. The Balaban J connectivity index is 2.05. The molecule has 1 aliphatic rings. The van der Waals surface area contributed by atoms with Gasteiger partial charge in [0.1, 0.15) is 5.75 Å². The summed E-state index contributed by atoms with van der Waals surface area (Å²) in [6.45, 7) is 1.90. The molecule has 2 rings (SSSR count). The van der Waals surface area contributed by atoms with E-state index >= 15 is 0 Å². The van der Waals surface area contributed by atoms with E-state index in [2.05, 4.69) is 5.32 Å². The minimum Gasteiger partial charge on any atom is -0.508 e. The molecule has 1 aromatic carbocycles. The van der Waals surface area contributed by atoms with E-state index in [0.717, 1.165) is 24.8 Å². The quantitative estimate of drug-likeness (QED) is 0.762. The van der Waals surface area contributed by atoms with E-state index in [0.29, 0.717) is 5.56 Å².